The van der Waals surface area contributed by atoms with Gasteiger partial charge in [-0.15, -0.1) is 0 Å². The average molecular weight is 194 g/mol. The fraction of sp³-hybridized carbons (Fsp3) is 0.500. The number of ether oxygens (including phenoxy) is 1. The van der Waals surface area contributed by atoms with Crippen LogP contribution in [0, 0.1) is 0 Å². The predicted molar refractivity (Wildman–Crippen MR) is 42.0 cm³/mol. The van der Waals surface area contributed by atoms with Crippen molar-refractivity contribution in [1.29, 1.82) is 0 Å². The molecule has 0 aliphatic heterocycles. The van der Waals surface area contributed by atoms with Crippen LogP contribution in [-0.2, 0) is 23.8 Å². The summed E-state index contributed by atoms with van der Waals surface area (Å²) >= 11 is 0. The van der Waals surface area contributed by atoms with E-state index in [2.05, 4.69) is 8.92 Å². The first-order valence-corrected chi connectivity index (χ1v) is 4.92. The van der Waals surface area contributed by atoms with Crippen LogP contribution in [0.3, 0.4) is 0 Å². The van der Waals surface area contributed by atoms with E-state index in [1.807, 2.05) is 0 Å². The summed E-state index contributed by atoms with van der Waals surface area (Å²) in [4.78, 5) is 9.61. The Morgan fingerprint density at radius 1 is 1.25 bits per heavy atom. The second kappa shape index (κ2) is 5.73. The maximum atomic E-state index is 10.4. The van der Waals surface area contributed by atoms with Crippen molar-refractivity contribution in [3.05, 3.63) is 12.2 Å². The number of carbonyl (C=O) groups excluding carboxylic acids is 1. The molecule has 0 heterocycles. The van der Waals surface area contributed by atoms with E-state index in [1.54, 1.807) is 0 Å². The van der Waals surface area contributed by atoms with Gasteiger partial charge in [-0.05, 0) is 6.08 Å². The van der Waals surface area contributed by atoms with Crippen molar-refractivity contribution in [3.63, 3.8) is 0 Å². The molecule has 0 aromatic rings. The molecule has 0 saturated heterocycles. The van der Waals surface area contributed by atoms with Gasteiger partial charge in [-0.2, -0.15) is 8.42 Å². The zero-order valence-corrected chi connectivity index (χ0v) is 7.41. The zero-order valence-electron chi connectivity index (χ0n) is 6.60. The van der Waals surface area contributed by atoms with Gasteiger partial charge in [-0.3, -0.25) is 8.98 Å². The van der Waals surface area contributed by atoms with E-state index in [1.165, 1.54) is 12.2 Å². The van der Waals surface area contributed by atoms with Crippen molar-refractivity contribution in [2.75, 3.05) is 19.5 Å². The Bertz CT molecular complexity index is 241. The fourth-order valence-electron chi connectivity index (χ4n) is 0.394. The van der Waals surface area contributed by atoms with Crippen molar-refractivity contribution >= 4 is 16.6 Å². The minimum atomic E-state index is -3.38. The van der Waals surface area contributed by atoms with E-state index in [0.29, 0.717) is 6.47 Å². The largest absolute Gasteiger partial charge is 0.464 e. The first kappa shape index (κ1) is 11.1. The van der Waals surface area contributed by atoms with Gasteiger partial charge in [0.05, 0.1) is 12.9 Å². The van der Waals surface area contributed by atoms with Gasteiger partial charge in [0.2, 0.25) is 0 Å². The number of hydrogen-bond donors (Lipinski definition) is 0. The van der Waals surface area contributed by atoms with Gasteiger partial charge in [-0.25, -0.2) is 0 Å². The fourth-order valence-corrected chi connectivity index (χ4v) is 0.720. The molecular weight excluding hydrogens is 184 g/mol. The van der Waals surface area contributed by atoms with Crippen LogP contribution in [0.5, 0.6) is 0 Å². The lowest BCUT2D eigenvalue weighted by molar-refractivity contribution is -0.127. The summed E-state index contributed by atoms with van der Waals surface area (Å²) in [5.41, 5.74) is 0. The number of carbonyl (C=O) groups is 1. The van der Waals surface area contributed by atoms with Crippen LogP contribution in [0.15, 0.2) is 12.2 Å². The van der Waals surface area contributed by atoms with Crippen molar-refractivity contribution < 1.29 is 22.1 Å². The molecule has 0 fully saturated rings. The van der Waals surface area contributed by atoms with Crippen molar-refractivity contribution in [2.24, 2.45) is 0 Å². The summed E-state index contributed by atoms with van der Waals surface area (Å²) in [6.07, 6.45) is 3.90. The third kappa shape index (κ3) is 9.12. The van der Waals surface area contributed by atoms with Crippen LogP contribution in [0.4, 0.5) is 0 Å². The zero-order chi connectivity index (χ0) is 9.45. The predicted octanol–water partition coefficient (Wildman–Crippen LogP) is -0.308. The van der Waals surface area contributed by atoms with E-state index >= 15 is 0 Å². The van der Waals surface area contributed by atoms with Gasteiger partial charge < -0.3 is 4.74 Å². The quantitative estimate of drug-likeness (QED) is 0.251. The summed E-state index contributed by atoms with van der Waals surface area (Å²) < 4.78 is 29.4. The summed E-state index contributed by atoms with van der Waals surface area (Å²) in [6.45, 7) is 0.388. The Morgan fingerprint density at radius 2 is 1.83 bits per heavy atom. The lowest BCUT2D eigenvalue weighted by Gasteiger charge is -1.94. The highest BCUT2D eigenvalue weighted by Crippen LogP contribution is 1.86. The standard InChI is InChI=1S/C6H10O5S/c1-12(8,9)11-5-3-2-4-10-6-7/h2-3,6H,4-5H2,1H3. The van der Waals surface area contributed by atoms with E-state index < -0.39 is 10.1 Å². The molecule has 0 amide bonds. The van der Waals surface area contributed by atoms with Crippen LogP contribution >= 0.6 is 0 Å². The molecule has 5 nitrogen and oxygen atoms in total. The monoisotopic (exact) mass is 194 g/mol. The van der Waals surface area contributed by atoms with Gasteiger partial charge in [0.1, 0.15) is 6.61 Å². The first-order valence-electron chi connectivity index (χ1n) is 3.11. The van der Waals surface area contributed by atoms with Crippen LogP contribution < -0.4 is 0 Å². The Morgan fingerprint density at radius 3 is 2.33 bits per heavy atom. The average Bonchev–Trinajstić information content (AvgIpc) is 1.94. The van der Waals surface area contributed by atoms with Crippen molar-refractivity contribution in [2.45, 2.75) is 0 Å². The Kier molecular flexibility index (Phi) is 5.31. The molecule has 0 aliphatic carbocycles. The second-order valence-corrected chi connectivity index (χ2v) is 3.53. The normalized spacial score (nSPS) is 11.8. The van der Waals surface area contributed by atoms with E-state index in [9.17, 15) is 13.2 Å². The first-order chi connectivity index (χ1) is 5.56. The third-order valence-electron chi connectivity index (χ3n) is 0.806. The summed E-state index contributed by atoms with van der Waals surface area (Å²) in [5, 5.41) is 0. The molecule has 0 atom stereocenters. The molecule has 6 heteroatoms. The highest BCUT2D eigenvalue weighted by Gasteiger charge is 1.96. The molecule has 12 heavy (non-hydrogen) atoms. The molecule has 0 aliphatic rings. The summed E-state index contributed by atoms with van der Waals surface area (Å²) in [7, 11) is -3.38. The third-order valence-corrected chi connectivity index (χ3v) is 1.37. The molecular formula is C6H10O5S. The summed E-state index contributed by atoms with van der Waals surface area (Å²) in [6, 6.07) is 0. The molecule has 0 rings (SSSR count). The minimum absolute atomic E-state index is 0.0406. The molecule has 0 radical (unpaired) electrons. The van der Waals surface area contributed by atoms with Gasteiger partial charge in [0, 0.05) is 0 Å². The lowest BCUT2D eigenvalue weighted by Crippen LogP contribution is -2.02. The Balaban J connectivity index is 3.43. The topological polar surface area (TPSA) is 69.7 Å². The SMILES string of the molecule is CS(=O)(=O)OCC=CCOC=O. The molecule has 0 bridgehead atoms. The van der Waals surface area contributed by atoms with E-state index in [0.717, 1.165) is 6.26 Å². The van der Waals surface area contributed by atoms with Crippen molar-refractivity contribution in [1.82, 2.24) is 0 Å². The van der Waals surface area contributed by atoms with Crippen LogP contribution in [0.25, 0.3) is 0 Å². The maximum Gasteiger partial charge on any atom is 0.293 e. The molecule has 0 aromatic carbocycles. The number of hydrogen-bond acceptors (Lipinski definition) is 5. The Labute approximate surface area is 71.1 Å². The van der Waals surface area contributed by atoms with Gasteiger partial charge >= 0.3 is 0 Å². The van der Waals surface area contributed by atoms with E-state index in [4.69, 9.17) is 0 Å². The molecule has 0 spiro atoms. The smallest absolute Gasteiger partial charge is 0.293 e. The lowest BCUT2D eigenvalue weighted by atomic mass is 10.5. The Hall–Kier alpha value is -0.880. The molecule has 0 N–H and O–H groups in total. The van der Waals surface area contributed by atoms with Gasteiger partial charge in [0.25, 0.3) is 16.6 Å². The molecule has 0 unspecified atom stereocenters. The molecule has 0 aromatic heterocycles. The van der Waals surface area contributed by atoms with Crippen molar-refractivity contribution in [3.8, 4) is 0 Å². The van der Waals surface area contributed by atoms with E-state index in [-0.39, 0.29) is 13.2 Å². The van der Waals surface area contributed by atoms with Gasteiger partial charge in [-0.1, -0.05) is 6.08 Å². The maximum absolute atomic E-state index is 10.4. The minimum Gasteiger partial charge on any atom is -0.464 e. The summed E-state index contributed by atoms with van der Waals surface area (Å²) in [5.74, 6) is 0. The van der Waals surface area contributed by atoms with Crippen LogP contribution in [-0.4, -0.2) is 34.4 Å². The second-order valence-electron chi connectivity index (χ2n) is 1.89. The molecule has 0 saturated carbocycles. The van der Waals surface area contributed by atoms with Crippen LogP contribution in [0.1, 0.15) is 0 Å². The molecule has 70 valence electrons. The van der Waals surface area contributed by atoms with Gasteiger partial charge in [0.15, 0.2) is 0 Å². The number of rotatable bonds is 6. The van der Waals surface area contributed by atoms with Crippen LogP contribution in [0.2, 0.25) is 0 Å². The highest BCUT2D eigenvalue weighted by molar-refractivity contribution is 7.85. The highest BCUT2D eigenvalue weighted by atomic mass is 32.2.